The third-order valence-electron chi connectivity index (χ3n) is 4.64. The lowest BCUT2D eigenvalue weighted by Gasteiger charge is -2.33. The third-order valence-corrected chi connectivity index (χ3v) is 4.64. The number of fused-ring (bicyclic) bond motifs is 1. The van der Waals surface area contributed by atoms with Crippen LogP contribution in [0.5, 0.6) is 0 Å². The van der Waals surface area contributed by atoms with Gasteiger partial charge in [0.25, 0.3) is 0 Å². The van der Waals surface area contributed by atoms with Gasteiger partial charge in [0.2, 0.25) is 0 Å². The van der Waals surface area contributed by atoms with E-state index >= 15 is 0 Å². The van der Waals surface area contributed by atoms with Crippen LogP contribution in [0.4, 0.5) is 0 Å². The first kappa shape index (κ1) is 14.3. The first-order chi connectivity index (χ1) is 11.4. The lowest BCUT2D eigenvalue weighted by Crippen LogP contribution is -2.36. The first-order valence-electron chi connectivity index (χ1n) is 8.33. The average Bonchev–Trinajstić information content (AvgIpc) is 3.02. The van der Waals surface area contributed by atoms with Crippen LogP contribution in [0, 0.1) is 0 Å². The summed E-state index contributed by atoms with van der Waals surface area (Å²) < 4.78 is 2.31. The summed E-state index contributed by atoms with van der Waals surface area (Å²) in [7, 11) is 0. The van der Waals surface area contributed by atoms with Gasteiger partial charge < -0.3 is 9.47 Å². The summed E-state index contributed by atoms with van der Waals surface area (Å²) >= 11 is 0. The van der Waals surface area contributed by atoms with Crippen LogP contribution in [0.15, 0.2) is 42.7 Å². The van der Waals surface area contributed by atoms with Crippen LogP contribution in [0.3, 0.4) is 0 Å². The van der Waals surface area contributed by atoms with Crippen molar-refractivity contribution in [2.24, 2.45) is 0 Å². The molecule has 0 saturated carbocycles. The molecule has 1 unspecified atom stereocenters. The van der Waals surface area contributed by atoms with Crippen molar-refractivity contribution < 1.29 is 0 Å². The van der Waals surface area contributed by atoms with Crippen LogP contribution in [0.1, 0.15) is 25.8 Å². The van der Waals surface area contributed by atoms with Crippen molar-refractivity contribution in [3.05, 3.63) is 42.7 Å². The molecule has 5 nitrogen and oxygen atoms in total. The second kappa shape index (κ2) is 6.08. The maximum absolute atomic E-state index is 4.83. The second-order valence-electron chi connectivity index (χ2n) is 6.06. The van der Waals surface area contributed by atoms with Gasteiger partial charge in [-0.1, -0.05) is 13.0 Å². The first-order valence-corrected chi connectivity index (χ1v) is 8.33. The maximum atomic E-state index is 4.83. The van der Waals surface area contributed by atoms with Gasteiger partial charge in [-0.25, -0.2) is 9.97 Å². The average molecular weight is 307 g/mol. The summed E-state index contributed by atoms with van der Waals surface area (Å²) in [5.41, 5.74) is 2.83. The summed E-state index contributed by atoms with van der Waals surface area (Å²) in [5, 5.41) is 0. The smallest absolute Gasteiger partial charge is 0.161 e. The molecular weight excluding hydrogens is 286 g/mol. The highest BCUT2D eigenvalue weighted by atomic mass is 15.2. The zero-order valence-corrected chi connectivity index (χ0v) is 13.4. The molecule has 1 aliphatic rings. The van der Waals surface area contributed by atoms with Gasteiger partial charge in [-0.3, -0.25) is 4.98 Å². The highest BCUT2D eigenvalue weighted by Crippen LogP contribution is 2.30. The predicted molar refractivity (Wildman–Crippen MR) is 91.1 cm³/mol. The van der Waals surface area contributed by atoms with E-state index in [1.807, 2.05) is 42.7 Å². The molecule has 3 aromatic heterocycles. The monoisotopic (exact) mass is 307 g/mol. The minimum absolute atomic E-state index is 0.403. The van der Waals surface area contributed by atoms with E-state index in [9.17, 15) is 0 Å². The molecule has 3 aromatic rings. The Hall–Kier alpha value is -2.27. The van der Waals surface area contributed by atoms with Gasteiger partial charge in [0.1, 0.15) is 11.2 Å². The second-order valence-corrected chi connectivity index (χ2v) is 6.06. The van der Waals surface area contributed by atoms with E-state index in [-0.39, 0.29) is 0 Å². The van der Waals surface area contributed by atoms with Gasteiger partial charge >= 0.3 is 0 Å². The van der Waals surface area contributed by atoms with Gasteiger partial charge in [0.05, 0.1) is 0 Å². The molecule has 1 aliphatic heterocycles. The topological polar surface area (TPSA) is 46.8 Å². The van der Waals surface area contributed by atoms with Gasteiger partial charge in [-0.2, -0.15) is 0 Å². The van der Waals surface area contributed by atoms with Crippen molar-refractivity contribution in [1.82, 2.24) is 24.4 Å². The molecule has 0 aliphatic carbocycles. The number of pyridine rings is 2. The number of hydrogen-bond acceptors (Lipinski definition) is 4. The molecule has 4 heterocycles. The Balaban J connectivity index is 1.86. The molecule has 0 aromatic carbocycles. The minimum Gasteiger partial charge on any atom is -0.303 e. The fourth-order valence-corrected chi connectivity index (χ4v) is 3.48. The van der Waals surface area contributed by atoms with E-state index in [0.717, 1.165) is 35.8 Å². The molecular formula is C18H21N5. The molecule has 1 atom stereocenters. The Morgan fingerprint density at radius 2 is 2.04 bits per heavy atom. The number of aromatic nitrogens is 4. The largest absolute Gasteiger partial charge is 0.303 e. The van der Waals surface area contributed by atoms with E-state index in [1.165, 1.54) is 19.4 Å². The van der Waals surface area contributed by atoms with E-state index in [0.29, 0.717) is 6.04 Å². The van der Waals surface area contributed by atoms with Crippen molar-refractivity contribution >= 4 is 11.2 Å². The number of rotatable bonds is 3. The molecule has 5 heteroatoms. The van der Waals surface area contributed by atoms with E-state index in [4.69, 9.17) is 4.98 Å². The Labute approximate surface area is 136 Å². The van der Waals surface area contributed by atoms with Crippen LogP contribution in [0.25, 0.3) is 22.7 Å². The number of hydrogen-bond donors (Lipinski definition) is 0. The van der Waals surface area contributed by atoms with Crippen LogP contribution in [0.2, 0.25) is 0 Å². The molecule has 0 N–H and O–H groups in total. The normalized spacial score (nSPS) is 19.3. The summed E-state index contributed by atoms with van der Waals surface area (Å²) in [6, 6.07) is 10.4. The summed E-state index contributed by atoms with van der Waals surface area (Å²) in [4.78, 5) is 16.5. The van der Waals surface area contributed by atoms with Gasteiger partial charge in [-0.15, -0.1) is 0 Å². The quantitative estimate of drug-likeness (QED) is 0.746. The molecule has 0 radical (unpaired) electrons. The lowest BCUT2D eigenvalue weighted by atomic mass is 10.1. The molecule has 23 heavy (non-hydrogen) atoms. The fourth-order valence-electron chi connectivity index (χ4n) is 3.48. The number of likely N-dealkylation sites (N-methyl/N-ethyl adjacent to an activating group) is 1. The highest BCUT2D eigenvalue weighted by Gasteiger charge is 2.25. The van der Waals surface area contributed by atoms with E-state index < -0.39 is 0 Å². The molecule has 0 spiro atoms. The van der Waals surface area contributed by atoms with E-state index in [2.05, 4.69) is 26.4 Å². The van der Waals surface area contributed by atoms with Gasteiger partial charge in [0.15, 0.2) is 11.5 Å². The number of imidazole rings is 1. The zero-order chi connectivity index (χ0) is 15.6. The van der Waals surface area contributed by atoms with Crippen molar-refractivity contribution in [1.29, 1.82) is 0 Å². The number of nitrogens with zero attached hydrogens (tertiary/aromatic N) is 5. The Bertz CT molecular complexity index is 796. The van der Waals surface area contributed by atoms with Crippen molar-refractivity contribution in [3.63, 3.8) is 0 Å². The summed E-state index contributed by atoms with van der Waals surface area (Å²) in [6.45, 7) is 5.56. The maximum Gasteiger partial charge on any atom is 0.161 e. The predicted octanol–water partition coefficient (Wildman–Crippen LogP) is 3.15. The molecule has 118 valence electrons. The molecule has 1 saturated heterocycles. The van der Waals surface area contributed by atoms with Crippen molar-refractivity contribution in [2.45, 2.75) is 25.8 Å². The lowest BCUT2D eigenvalue weighted by molar-refractivity contribution is 0.188. The van der Waals surface area contributed by atoms with Gasteiger partial charge in [-0.05, 0) is 50.2 Å². The van der Waals surface area contributed by atoms with Crippen molar-refractivity contribution in [3.8, 4) is 11.5 Å². The summed E-state index contributed by atoms with van der Waals surface area (Å²) in [6.07, 6.45) is 6.06. The summed E-state index contributed by atoms with van der Waals surface area (Å²) in [5.74, 6) is 0.933. The Morgan fingerprint density at radius 3 is 2.87 bits per heavy atom. The zero-order valence-electron chi connectivity index (χ0n) is 13.4. The van der Waals surface area contributed by atoms with Crippen molar-refractivity contribution in [2.75, 3.05) is 19.6 Å². The molecule has 0 amide bonds. The minimum atomic E-state index is 0.403. The fraction of sp³-hybridized carbons (Fsp3) is 0.389. The standard InChI is InChI=1S/C18H21N5/c1-2-22-12-6-7-14(13-22)23-17-16(9-5-11-20-17)21-18(23)15-8-3-4-10-19-15/h3-5,8-11,14H,2,6-7,12-13H2,1H3. The number of likely N-dealkylation sites (tertiary alicyclic amines) is 1. The van der Waals surface area contributed by atoms with Crippen LogP contribution in [-0.4, -0.2) is 44.1 Å². The van der Waals surface area contributed by atoms with Crippen LogP contribution >= 0.6 is 0 Å². The van der Waals surface area contributed by atoms with Crippen LogP contribution in [-0.2, 0) is 0 Å². The molecule has 0 bridgehead atoms. The SMILES string of the molecule is CCN1CCCC(n2c(-c3ccccn3)nc3cccnc32)C1. The van der Waals surface area contributed by atoms with E-state index in [1.54, 1.807) is 0 Å². The Kier molecular flexibility index (Phi) is 3.79. The van der Waals surface area contributed by atoms with Gasteiger partial charge in [0, 0.05) is 25.0 Å². The number of piperidine rings is 1. The van der Waals surface area contributed by atoms with Crippen LogP contribution < -0.4 is 0 Å². The molecule has 4 rings (SSSR count). The Morgan fingerprint density at radius 1 is 1.13 bits per heavy atom. The molecule has 1 fully saturated rings. The highest BCUT2D eigenvalue weighted by molar-refractivity contribution is 5.76. The third kappa shape index (κ3) is 2.61.